The predicted molar refractivity (Wildman–Crippen MR) is 99.4 cm³/mol. The Morgan fingerprint density at radius 2 is 1.80 bits per heavy atom. The molecule has 0 amide bonds. The lowest BCUT2D eigenvalue weighted by Gasteiger charge is -2.08. The molecule has 1 aromatic heterocycles. The zero-order chi connectivity index (χ0) is 17.9. The van der Waals surface area contributed by atoms with Gasteiger partial charge in [-0.1, -0.05) is 29.8 Å². The Labute approximate surface area is 151 Å². The van der Waals surface area contributed by atoms with Gasteiger partial charge in [-0.25, -0.2) is 13.1 Å². The molecular weight excluding hydrogens is 360 g/mol. The molecular formula is C18H19ClN2O3S. The number of hydrogen-bond donors (Lipinski definition) is 2. The van der Waals surface area contributed by atoms with Crippen molar-refractivity contribution in [2.45, 2.75) is 17.9 Å². The van der Waals surface area contributed by atoms with Crippen LogP contribution >= 0.6 is 11.6 Å². The molecule has 0 saturated heterocycles. The van der Waals surface area contributed by atoms with Crippen LogP contribution in [0.5, 0.6) is 0 Å². The van der Waals surface area contributed by atoms with Crippen molar-refractivity contribution in [2.75, 3.05) is 13.2 Å². The second-order valence-corrected chi connectivity index (χ2v) is 7.89. The number of aromatic nitrogens is 1. The summed E-state index contributed by atoms with van der Waals surface area (Å²) in [5.41, 5.74) is 2.08. The Morgan fingerprint density at radius 1 is 1.08 bits per heavy atom. The van der Waals surface area contributed by atoms with Crippen molar-refractivity contribution >= 4 is 32.5 Å². The van der Waals surface area contributed by atoms with Crippen molar-refractivity contribution in [3.05, 3.63) is 65.3 Å². The molecule has 3 rings (SSSR count). The fourth-order valence-corrected chi connectivity index (χ4v) is 3.97. The summed E-state index contributed by atoms with van der Waals surface area (Å²) in [4.78, 5) is 0.190. The molecule has 25 heavy (non-hydrogen) atoms. The first-order valence-electron chi connectivity index (χ1n) is 7.94. The number of fused-ring (bicyclic) bond motifs is 1. The molecule has 3 aromatic rings. The first-order chi connectivity index (χ1) is 12.0. The number of rotatable bonds is 7. The molecule has 2 aromatic carbocycles. The normalized spacial score (nSPS) is 11.9. The van der Waals surface area contributed by atoms with Crippen LogP contribution in [0.4, 0.5) is 0 Å². The van der Waals surface area contributed by atoms with Gasteiger partial charge in [0.1, 0.15) is 0 Å². The second-order valence-electron chi connectivity index (χ2n) is 5.69. The maximum Gasteiger partial charge on any atom is 0.240 e. The SMILES string of the molecule is O=S(=O)(NCCn1cc(CCO)c2ccccc21)c1ccc(Cl)cc1. The van der Waals surface area contributed by atoms with E-state index in [9.17, 15) is 13.5 Å². The van der Waals surface area contributed by atoms with Gasteiger partial charge in [0.25, 0.3) is 0 Å². The van der Waals surface area contributed by atoms with E-state index in [2.05, 4.69) is 4.72 Å². The fourth-order valence-electron chi connectivity index (χ4n) is 2.83. The molecule has 0 radical (unpaired) electrons. The van der Waals surface area contributed by atoms with Gasteiger partial charge in [0.15, 0.2) is 0 Å². The zero-order valence-electron chi connectivity index (χ0n) is 13.5. The van der Waals surface area contributed by atoms with Crippen molar-refractivity contribution in [1.29, 1.82) is 0 Å². The zero-order valence-corrected chi connectivity index (χ0v) is 15.1. The van der Waals surface area contributed by atoms with E-state index in [0.29, 0.717) is 18.0 Å². The third kappa shape index (κ3) is 4.04. The number of benzene rings is 2. The fraction of sp³-hybridized carbons (Fsp3) is 0.222. The molecule has 0 aliphatic rings. The number of hydrogen-bond acceptors (Lipinski definition) is 3. The van der Waals surface area contributed by atoms with E-state index in [1.165, 1.54) is 12.1 Å². The van der Waals surface area contributed by atoms with E-state index < -0.39 is 10.0 Å². The summed E-state index contributed by atoms with van der Waals surface area (Å²) in [6.45, 7) is 0.845. The molecule has 1 heterocycles. The predicted octanol–water partition coefficient (Wildman–Crippen LogP) is 2.81. The molecule has 5 nitrogen and oxygen atoms in total. The van der Waals surface area contributed by atoms with Crippen molar-refractivity contribution < 1.29 is 13.5 Å². The number of sulfonamides is 1. The summed E-state index contributed by atoms with van der Waals surface area (Å²) in [7, 11) is -3.57. The lowest BCUT2D eigenvalue weighted by Crippen LogP contribution is -2.27. The van der Waals surface area contributed by atoms with Gasteiger partial charge in [0.05, 0.1) is 4.90 Å². The molecule has 0 aliphatic carbocycles. The molecule has 0 spiro atoms. The van der Waals surface area contributed by atoms with Crippen LogP contribution in [0.2, 0.25) is 5.02 Å². The highest BCUT2D eigenvalue weighted by Gasteiger charge is 2.14. The van der Waals surface area contributed by atoms with E-state index in [-0.39, 0.29) is 18.0 Å². The lowest BCUT2D eigenvalue weighted by molar-refractivity contribution is 0.300. The second kappa shape index (κ2) is 7.58. The van der Waals surface area contributed by atoms with Crippen LogP contribution in [0.1, 0.15) is 5.56 Å². The van der Waals surface area contributed by atoms with Crippen LogP contribution in [-0.2, 0) is 23.0 Å². The minimum Gasteiger partial charge on any atom is -0.396 e. The van der Waals surface area contributed by atoms with Crippen LogP contribution in [0.3, 0.4) is 0 Å². The van der Waals surface area contributed by atoms with Gasteiger partial charge in [-0.2, -0.15) is 0 Å². The molecule has 0 aliphatic heterocycles. The Kier molecular flexibility index (Phi) is 5.44. The molecule has 7 heteroatoms. The topological polar surface area (TPSA) is 71.3 Å². The Balaban J connectivity index is 1.74. The van der Waals surface area contributed by atoms with Crippen LogP contribution in [0.25, 0.3) is 10.9 Å². The van der Waals surface area contributed by atoms with Gasteiger partial charge in [-0.05, 0) is 42.3 Å². The molecule has 0 saturated carbocycles. The number of nitrogens with zero attached hydrogens (tertiary/aromatic N) is 1. The van der Waals surface area contributed by atoms with Crippen LogP contribution < -0.4 is 4.72 Å². The summed E-state index contributed by atoms with van der Waals surface area (Å²) in [6.07, 6.45) is 2.54. The summed E-state index contributed by atoms with van der Waals surface area (Å²) in [6, 6.07) is 14.0. The highest BCUT2D eigenvalue weighted by Crippen LogP contribution is 2.21. The monoisotopic (exact) mass is 378 g/mol. The summed E-state index contributed by atoms with van der Waals surface area (Å²) < 4.78 is 29.2. The van der Waals surface area contributed by atoms with Gasteiger partial charge in [0.2, 0.25) is 10.0 Å². The summed E-state index contributed by atoms with van der Waals surface area (Å²) in [5, 5.41) is 10.8. The van der Waals surface area contributed by atoms with E-state index in [1.807, 2.05) is 35.0 Å². The van der Waals surface area contributed by atoms with Crippen LogP contribution in [0.15, 0.2) is 59.6 Å². The van der Waals surface area contributed by atoms with Crippen molar-refractivity contribution in [3.8, 4) is 0 Å². The van der Waals surface area contributed by atoms with Crippen LogP contribution in [-0.4, -0.2) is 31.2 Å². The van der Waals surface area contributed by atoms with E-state index in [1.54, 1.807) is 12.1 Å². The number of nitrogens with one attached hydrogen (secondary N) is 1. The van der Waals surface area contributed by atoms with Gasteiger partial charge >= 0.3 is 0 Å². The minimum absolute atomic E-state index is 0.0806. The van der Waals surface area contributed by atoms with Crippen molar-refractivity contribution in [2.24, 2.45) is 0 Å². The highest BCUT2D eigenvalue weighted by molar-refractivity contribution is 7.89. The third-order valence-electron chi connectivity index (χ3n) is 4.02. The Hall–Kier alpha value is -1.86. The minimum atomic E-state index is -3.57. The van der Waals surface area contributed by atoms with Crippen molar-refractivity contribution in [1.82, 2.24) is 9.29 Å². The molecule has 0 fully saturated rings. The number of aliphatic hydroxyl groups excluding tert-OH is 1. The molecule has 0 atom stereocenters. The average molecular weight is 379 g/mol. The summed E-state index contributed by atoms with van der Waals surface area (Å²) in [5.74, 6) is 0. The van der Waals surface area contributed by atoms with Crippen molar-refractivity contribution in [3.63, 3.8) is 0 Å². The number of halogens is 1. The maximum absolute atomic E-state index is 12.3. The molecule has 132 valence electrons. The number of para-hydroxylation sites is 1. The summed E-state index contributed by atoms with van der Waals surface area (Å²) >= 11 is 5.79. The first kappa shape index (κ1) is 17.9. The van der Waals surface area contributed by atoms with E-state index in [0.717, 1.165) is 16.5 Å². The standard InChI is InChI=1S/C18H19ClN2O3S/c19-15-5-7-16(8-6-15)25(23,24)20-10-11-21-13-14(9-12-22)17-3-1-2-4-18(17)21/h1-8,13,20,22H,9-12H2. The lowest BCUT2D eigenvalue weighted by atomic mass is 10.1. The number of aliphatic hydroxyl groups is 1. The van der Waals surface area contributed by atoms with E-state index >= 15 is 0 Å². The molecule has 0 unspecified atom stereocenters. The Morgan fingerprint density at radius 3 is 2.52 bits per heavy atom. The average Bonchev–Trinajstić information content (AvgIpc) is 2.94. The molecule has 0 bridgehead atoms. The van der Waals surface area contributed by atoms with Gasteiger partial charge in [0, 0.05) is 41.8 Å². The van der Waals surface area contributed by atoms with Gasteiger partial charge in [-0.15, -0.1) is 0 Å². The van der Waals surface area contributed by atoms with Crippen LogP contribution in [0, 0.1) is 0 Å². The van der Waals surface area contributed by atoms with E-state index in [4.69, 9.17) is 11.6 Å². The van der Waals surface area contributed by atoms with Gasteiger partial charge < -0.3 is 9.67 Å². The Bertz CT molecular complexity index is 966. The first-order valence-corrected chi connectivity index (χ1v) is 9.80. The highest BCUT2D eigenvalue weighted by atomic mass is 35.5. The quantitative estimate of drug-likeness (QED) is 0.664. The molecule has 2 N–H and O–H groups in total. The third-order valence-corrected chi connectivity index (χ3v) is 5.75. The smallest absolute Gasteiger partial charge is 0.240 e. The maximum atomic E-state index is 12.3. The van der Waals surface area contributed by atoms with Gasteiger partial charge in [-0.3, -0.25) is 0 Å². The largest absolute Gasteiger partial charge is 0.396 e.